The number of aliphatic hydroxyl groups is 2. The van der Waals surface area contributed by atoms with Gasteiger partial charge in [-0.2, -0.15) is 0 Å². The third-order valence-corrected chi connectivity index (χ3v) is 5.36. The van der Waals surface area contributed by atoms with E-state index in [4.69, 9.17) is 4.74 Å². The van der Waals surface area contributed by atoms with E-state index in [1.165, 1.54) is 4.57 Å². The number of aromatic amines is 1. The number of para-hydroxylation sites is 1. The molecule has 1 aliphatic rings. The molecule has 0 bridgehead atoms. The monoisotopic (exact) mass is 426 g/mol. The number of rotatable bonds is 4. The number of aromatic nitrogens is 3. The molecule has 2 aromatic heterocycles. The van der Waals surface area contributed by atoms with Crippen molar-refractivity contribution in [3.05, 3.63) is 74.7 Å². The summed E-state index contributed by atoms with van der Waals surface area (Å²) < 4.78 is 6.95. The van der Waals surface area contributed by atoms with Crippen LogP contribution in [0.4, 0.5) is 0 Å². The maximum atomic E-state index is 12.4. The molecule has 3 aromatic rings. The Morgan fingerprint density at radius 3 is 2.74 bits per heavy atom. The van der Waals surface area contributed by atoms with Gasteiger partial charge < -0.3 is 20.3 Å². The molecular weight excluding hydrogens is 404 g/mol. The average Bonchev–Trinajstić information content (AvgIpc) is 2.76. The van der Waals surface area contributed by atoms with Gasteiger partial charge in [0, 0.05) is 6.20 Å². The highest BCUT2D eigenvalue weighted by molar-refractivity contribution is 5.92. The van der Waals surface area contributed by atoms with Gasteiger partial charge in [-0.25, -0.2) is 4.79 Å². The number of nitrogens with one attached hydrogen (secondary N) is 2. The molecule has 3 heterocycles. The van der Waals surface area contributed by atoms with E-state index >= 15 is 0 Å². The topological polar surface area (TPSA) is 147 Å². The minimum absolute atomic E-state index is 0.0729. The van der Waals surface area contributed by atoms with Gasteiger partial charge in [-0.1, -0.05) is 18.2 Å². The Morgan fingerprint density at radius 2 is 2.00 bits per heavy atom. The van der Waals surface area contributed by atoms with Crippen LogP contribution in [0.5, 0.6) is 0 Å². The largest absolute Gasteiger partial charge is 0.388 e. The van der Waals surface area contributed by atoms with Gasteiger partial charge in [0.25, 0.3) is 11.5 Å². The molecule has 0 spiro atoms. The molecule has 10 heteroatoms. The Balaban J connectivity index is 1.50. The van der Waals surface area contributed by atoms with Crippen molar-refractivity contribution in [3.63, 3.8) is 0 Å². The normalized spacial score (nSPS) is 23.6. The number of ether oxygens (including phenoxy) is 1. The van der Waals surface area contributed by atoms with Crippen molar-refractivity contribution >= 4 is 16.8 Å². The molecule has 0 aliphatic carbocycles. The van der Waals surface area contributed by atoms with Crippen LogP contribution in [0.15, 0.2) is 52.2 Å². The van der Waals surface area contributed by atoms with Gasteiger partial charge in [0.1, 0.15) is 24.0 Å². The molecule has 1 amide bonds. The first kappa shape index (κ1) is 20.9. The van der Waals surface area contributed by atoms with Gasteiger partial charge >= 0.3 is 5.69 Å². The molecule has 1 aliphatic heterocycles. The Hall–Kier alpha value is -3.34. The molecular formula is C21H22N4O6. The summed E-state index contributed by atoms with van der Waals surface area (Å²) >= 11 is 0. The Labute approximate surface area is 176 Å². The standard InChI is InChI=1S/C21H22N4O6/c1-11-6-7-13(22-8-11)20(29)23-14-10-31-16(18(27)17(14)26)9-25-15-5-3-2-4-12(15)19(28)24-21(25)30/h2-8,14,16-18,26-27H,9-10H2,1H3,(H,23,29)(H,24,28,30)/t14-,16-,17+,18-/m1/s1. The average molecular weight is 426 g/mol. The number of amides is 1. The number of benzene rings is 1. The number of aryl methyl sites for hydroxylation is 1. The van der Waals surface area contributed by atoms with Crippen LogP contribution in [-0.4, -0.2) is 61.6 Å². The fourth-order valence-corrected chi connectivity index (χ4v) is 3.62. The van der Waals surface area contributed by atoms with E-state index in [9.17, 15) is 24.6 Å². The van der Waals surface area contributed by atoms with Crippen LogP contribution in [-0.2, 0) is 11.3 Å². The molecule has 0 unspecified atom stereocenters. The van der Waals surface area contributed by atoms with E-state index in [1.54, 1.807) is 42.6 Å². The Kier molecular flexibility index (Phi) is 5.68. The summed E-state index contributed by atoms with van der Waals surface area (Å²) in [7, 11) is 0. The predicted octanol–water partition coefficient (Wildman–Crippen LogP) is -0.688. The van der Waals surface area contributed by atoms with Crippen LogP contribution in [0.25, 0.3) is 10.9 Å². The molecule has 10 nitrogen and oxygen atoms in total. The minimum atomic E-state index is -1.37. The van der Waals surface area contributed by atoms with E-state index in [0.717, 1.165) is 5.56 Å². The van der Waals surface area contributed by atoms with E-state index in [-0.39, 0.29) is 18.8 Å². The summed E-state index contributed by atoms with van der Waals surface area (Å²) in [5, 5.41) is 24.1. The molecule has 4 rings (SSSR count). The van der Waals surface area contributed by atoms with Crippen LogP contribution in [0.3, 0.4) is 0 Å². The number of H-pyrrole nitrogens is 1. The maximum Gasteiger partial charge on any atom is 0.328 e. The number of hydrogen-bond acceptors (Lipinski definition) is 7. The number of fused-ring (bicyclic) bond motifs is 1. The molecule has 1 fully saturated rings. The van der Waals surface area contributed by atoms with E-state index in [1.807, 2.05) is 6.92 Å². The first-order valence-corrected chi connectivity index (χ1v) is 9.78. The lowest BCUT2D eigenvalue weighted by atomic mass is 9.97. The zero-order valence-electron chi connectivity index (χ0n) is 16.7. The molecule has 1 aromatic carbocycles. The zero-order chi connectivity index (χ0) is 22.1. The maximum absolute atomic E-state index is 12.4. The third-order valence-electron chi connectivity index (χ3n) is 5.36. The summed E-state index contributed by atoms with van der Waals surface area (Å²) in [6, 6.07) is 9.02. The van der Waals surface area contributed by atoms with Crippen molar-refractivity contribution < 1.29 is 19.7 Å². The highest BCUT2D eigenvalue weighted by Crippen LogP contribution is 2.19. The molecule has 162 valence electrons. The van der Waals surface area contributed by atoms with E-state index in [2.05, 4.69) is 15.3 Å². The van der Waals surface area contributed by atoms with Crippen LogP contribution < -0.4 is 16.6 Å². The number of nitrogens with zero attached hydrogens (tertiary/aromatic N) is 2. The quantitative estimate of drug-likeness (QED) is 0.432. The van der Waals surface area contributed by atoms with Crippen molar-refractivity contribution in [2.75, 3.05) is 6.61 Å². The SMILES string of the molecule is Cc1ccc(C(=O)N[C@@H]2CO[C@H](Cn3c(=O)[nH]c(=O)c4ccccc43)[C@@H](O)[C@H]2O)nc1. The second-order valence-electron chi connectivity index (χ2n) is 7.54. The van der Waals surface area contributed by atoms with Crippen LogP contribution in [0.1, 0.15) is 16.1 Å². The molecule has 4 N–H and O–H groups in total. The molecule has 31 heavy (non-hydrogen) atoms. The van der Waals surface area contributed by atoms with Crippen LogP contribution in [0.2, 0.25) is 0 Å². The summed E-state index contributed by atoms with van der Waals surface area (Å²) in [5.41, 5.74) is 0.327. The first-order valence-electron chi connectivity index (χ1n) is 9.78. The number of aliphatic hydroxyl groups excluding tert-OH is 2. The van der Waals surface area contributed by atoms with E-state index < -0.39 is 41.5 Å². The zero-order valence-corrected chi connectivity index (χ0v) is 16.7. The van der Waals surface area contributed by atoms with Crippen LogP contribution in [0, 0.1) is 6.92 Å². The highest BCUT2D eigenvalue weighted by Gasteiger charge is 2.39. The lowest BCUT2D eigenvalue weighted by Crippen LogP contribution is -2.60. The summed E-state index contributed by atoms with van der Waals surface area (Å²) in [6.07, 6.45) is -2.06. The highest BCUT2D eigenvalue weighted by atomic mass is 16.5. The first-order chi connectivity index (χ1) is 14.8. The Morgan fingerprint density at radius 1 is 1.23 bits per heavy atom. The lowest BCUT2D eigenvalue weighted by molar-refractivity contribution is -0.152. The number of hydrogen-bond donors (Lipinski definition) is 4. The van der Waals surface area contributed by atoms with Crippen molar-refractivity contribution in [3.8, 4) is 0 Å². The number of pyridine rings is 1. The second-order valence-corrected chi connectivity index (χ2v) is 7.54. The summed E-state index contributed by atoms with van der Waals surface area (Å²) in [4.78, 5) is 43.0. The summed E-state index contributed by atoms with van der Waals surface area (Å²) in [5.74, 6) is -0.499. The molecule has 1 saturated heterocycles. The third kappa shape index (κ3) is 4.13. The van der Waals surface area contributed by atoms with Gasteiger partial charge in [0.05, 0.1) is 30.1 Å². The summed E-state index contributed by atoms with van der Waals surface area (Å²) in [6.45, 7) is 1.69. The lowest BCUT2D eigenvalue weighted by Gasteiger charge is -2.38. The van der Waals surface area contributed by atoms with Crippen molar-refractivity contribution in [2.45, 2.75) is 37.8 Å². The number of carbonyl (C=O) groups is 1. The van der Waals surface area contributed by atoms with E-state index in [0.29, 0.717) is 10.9 Å². The van der Waals surface area contributed by atoms with Gasteiger partial charge in [0.15, 0.2) is 0 Å². The van der Waals surface area contributed by atoms with Crippen molar-refractivity contribution in [1.82, 2.24) is 19.9 Å². The van der Waals surface area contributed by atoms with Crippen molar-refractivity contribution in [1.29, 1.82) is 0 Å². The smallest absolute Gasteiger partial charge is 0.328 e. The fourth-order valence-electron chi connectivity index (χ4n) is 3.62. The molecule has 0 saturated carbocycles. The molecule has 0 radical (unpaired) electrons. The van der Waals surface area contributed by atoms with Gasteiger partial charge in [-0.05, 0) is 30.7 Å². The predicted molar refractivity (Wildman–Crippen MR) is 111 cm³/mol. The van der Waals surface area contributed by atoms with Crippen molar-refractivity contribution in [2.24, 2.45) is 0 Å². The minimum Gasteiger partial charge on any atom is -0.388 e. The van der Waals surface area contributed by atoms with Gasteiger partial charge in [-0.3, -0.25) is 24.1 Å². The Bertz CT molecular complexity index is 1220. The fraction of sp³-hybridized carbons (Fsp3) is 0.333. The second kappa shape index (κ2) is 8.42. The number of carbonyl (C=O) groups excluding carboxylic acids is 1. The molecule has 4 atom stereocenters. The van der Waals surface area contributed by atoms with Crippen LogP contribution >= 0.6 is 0 Å². The van der Waals surface area contributed by atoms with Gasteiger partial charge in [-0.15, -0.1) is 0 Å². The van der Waals surface area contributed by atoms with Gasteiger partial charge in [0.2, 0.25) is 0 Å².